The molecule has 0 saturated carbocycles. The Bertz CT molecular complexity index is 1350. The second-order valence-corrected chi connectivity index (χ2v) is 8.47. The standard InChI is InChI=1S/C22H19N3O6S/c1-30-19-10-7-16(24-32(28,29)18-8-5-15(6-9-18)22(26)27)12-20(19)31-14-17-13-25-11-3-2-4-21(25)23-17/h2-13,24H,14H2,1H3,(H,26,27). The van der Waals surface area contributed by atoms with Gasteiger partial charge in [-0.15, -0.1) is 0 Å². The molecule has 0 bridgehead atoms. The predicted molar refractivity (Wildman–Crippen MR) is 117 cm³/mol. The van der Waals surface area contributed by atoms with E-state index < -0.39 is 16.0 Å². The van der Waals surface area contributed by atoms with Gasteiger partial charge in [-0.1, -0.05) is 6.07 Å². The molecule has 164 valence electrons. The van der Waals surface area contributed by atoms with Crippen LogP contribution in [0.4, 0.5) is 5.69 Å². The third kappa shape index (κ3) is 4.49. The number of hydrogen-bond donors (Lipinski definition) is 2. The second-order valence-electron chi connectivity index (χ2n) is 6.79. The van der Waals surface area contributed by atoms with Gasteiger partial charge in [-0.2, -0.15) is 0 Å². The number of aromatic nitrogens is 2. The number of ether oxygens (including phenoxy) is 2. The molecule has 0 aliphatic carbocycles. The van der Waals surface area contributed by atoms with Gasteiger partial charge in [-0.25, -0.2) is 18.2 Å². The molecule has 0 fully saturated rings. The predicted octanol–water partition coefficient (Wildman–Crippen LogP) is 3.42. The number of pyridine rings is 1. The maximum atomic E-state index is 12.7. The fourth-order valence-electron chi connectivity index (χ4n) is 3.05. The molecule has 0 spiro atoms. The zero-order valence-electron chi connectivity index (χ0n) is 16.9. The van der Waals surface area contributed by atoms with Gasteiger partial charge in [0, 0.05) is 18.5 Å². The highest BCUT2D eigenvalue weighted by atomic mass is 32.2. The van der Waals surface area contributed by atoms with Crippen LogP contribution in [0.15, 0.2) is 78.0 Å². The molecule has 0 aliphatic rings. The van der Waals surface area contributed by atoms with Crippen LogP contribution in [0.3, 0.4) is 0 Å². The number of carbonyl (C=O) groups is 1. The first-order valence-corrected chi connectivity index (χ1v) is 10.9. The topological polar surface area (TPSA) is 119 Å². The van der Waals surface area contributed by atoms with Crippen molar-refractivity contribution in [2.45, 2.75) is 11.5 Å². The smallest absolute Gasteiger partial charge is 0.335 e. The summed E-state index contributed by atoms with van der Waals surface area (Å²) < 4.78 is 40.9. The van der Waals surface area contributed by atoms with Crippen LogP contribution in [0.25, 0.3) is 5.65 Å². The highest BCUT2D eigenvalue weighted by Crippen LogP contribution is 2.32. The first-order valence-electron chi connectivity index (χ1n) is 9.45. The Morgan fingerprint density at radius 3 is 2.56 bits per heavy atom. The summed E-state index contributed by atoms with van der Waals surface area (Å²) in [4.78, 5) is 15.4. The van der Waals surface area contributed by atoms with Crippen molar-refractivity contribution in [3.63, 3.8) is 0 Å². The van der Waals surface area contributed by atoms with E-state index in [4.69, 9.17) is 14.6 Å². The summed E-state index contributed by atoms with van der Waals surface area (Å²) >= 11 is 0. The number of methoxy groups -OCH3 is 1. The normalized spacial score (nSPS) is 11.3. The molecule has 10 heteroatoms. The molecule has 2 aromatic carbocycles. The minimum atomic E-state index is -3.93. The highest BCUT2D eigenvalue weighted by Gasteiger charge is 2.17. The maximum Gasteiger partial charge on any atom is 0.335 e. The molecular formula is C22H19N3O6S. The summed E-state index contributed by atoms with van der Waals surface area (Å²) in [5.41, 5.74) is 1.74. The number of sulfonamides is 1. The third-order valence-electron chi connectivity index (χ3n) is 4.62. The average molecular weight is 453 g/mol. The van der Waals surface area contributed by atoms with Crippen molar-refractivity contribution < 1.29 is 27.8 Å². The number of carboxylic acids is 1. The lowest BCUT2D eigenvalue weighted by Gasteiger charge is -2.13. The SMILES string of the molecule is COc1ccc(NS(=O)(=O)c2ccc(C(=O)O)cc2)cc1OCc1cn2ccccc2n1. The van der Waals surface area contributed by atoms with E-state index in [1.165, 1.54) is 37.4 Å². The average Bonchev–Trinajstić information content (AvgIpc) is 3.20. The molecule has 0 saturated heterocycles. The second kappa shape index (κ2) is 8.60. The number of carboxylic acid groups (broad SMARTS) is 1. The monoisotopic (exact) mass is 453 g/mol. The molecule has 2 aromatic heterocycles. The summed E-state index contributed by atoms with van der Waals surface area (Å²) in [5.74, 6) is -0.363. The van der Waals surface area contributed by atoms with Crippen LogP contribution in [0.1, 0.15) is 16.1 Å². The highest BCUT2D eigenvalue weighted by molar-refractivity contribution is 7.92. The van der Waals surface area contributed by atoms with Crippen molar-refractivity contribution in [3.8, 4) is 11.5 Å². The Labute approximate surface area is 183 Å². The molecule has 32 heavy (non-hydrogen) atoms. The van der Waals surface area contributed by atoms with Gasteiger partial charge >= 0.3 is 5.97 Å². The van der Waals surface area contributed by atoms with Crippen molar-refractivity contribution in [2.24, 2.45) is 0 Å². The van der Waals surface area contributed by atoms with E-state index in [-0.39, 0.29) is 22.8 Å². The van der Waals surface area contributed by atoms with Gasteiger partial charge in [-0.3, -0.25) is 4.72 Å². The van der Waals surface area contributed by atoms with Crippen LogP contribution in [0.2, 0.25) is 0 Å². The van der Waals surface area contributed by atoms with E-state index in [0.29, 0.717) is 17.2 Å². The Morgan fingerprint density at radius 2 is 1.88 bits per heavy atom. The minimum Gasteiger partial charge on any atom is -0.493 e. The van der Waals surface area contributed by atoms with Gasteiger partial charge in [0.1, 0.15) is 12.3 Å². The molecule has 0 radical (unpaired) electrons. The Hall–Kier alpha value is -4.05. The number of nitrogens with one attached hydrogen (secondary N) is 1. The zero-order chi connectivity index (χ0) is 22.7. The van der Waals surface area contributed by atoms with Gasteiger partial charge in [0.15, 0.2) is 11.5 Å². The lowest BCUT2D eigenvalue weighted by molar-refractivity contribution is 0.0696. The number of fused-ring (bicyclic) bond motifs is 1. The zero-order valence-corrected chi connectivity index (χ0v) is 17.7. The fraction of sp³-hybridized carbons (Fsp3) is 0.0909. The number of nitrogens with zero attached hydrogens (tertiary/aromatic N) is 2. The molecule has 0 atom stereocenters. The molecule has 0 amide bonds. The fourth-order valence-corrected chi connectivity index (χ4v) is 4.10. The number of hydrogen-bond acceptors (Lipinski definition) is 6. The summed E-state index contributed by atoms with van der Waals surface area (Å²) in [6.07, 6.45) is 3.72. The van der Waals surface area contributed by atoms with Crippen LogP contribution in [-0.4, -0.2) is 36.0 Å². The lowest BCUT2D eigenvalue weighted by atomic mass is 10.2. The van der Waals surface area contributed by atoms with Gasteiger partial charge < -0.3 is 19.0 Å². The van der Waals surface area contributed by atoms with Crippen LogP contribution in [0.5, 0.6) is 11.5 Å². The summed E-state index contributed by atoms with van der Waals surface area (Å²) in [6.45, 7) is 0.158. The molecule has 9 nitrogen and oxygen atoms in total. The number of rotatable bonds is 8. The van der Waals surface area contributed by atoms with Crippen molar-refractivity contribution in [2.75, 3.05) is 11.8 Å². The van der Waals surface area contributed by atoms with Gasteiger partial charge in [0.05, 0.1) is 29.0 Å². The quantitative estimate of drug-likeness (QED) is 0.419. The van der Waals surface area contributed by atoms with Gasteiger partial charge in [0.25, 0.3) is 10.0 Å². The molecule has 0 aliphatic heterocycles. The van der Waals surface area contributed by atoms with E-state index >= 15 is 0 Å². The summed E-state index contributed by atoms with van der Waals surface area (Å²) in [6, 6.07) is 15.2. The van der Waals surface area contributed by atoms with E-state index in [2.05, 4.69) is 9.71 Å². The van der Waals surface area contributed by atoms with Crippen LogP contribution >= 0.6 is 0 Å². The Morgan fingerprint density at radius 1 is 1.09 bits per heavy atom. The molecule has 2 N–H and O–H groups in total. The third-order valence-corrected chi connectivity index (χ3v) is 6.01. The van der Waals surface area contributed by atoms with Crippen molar-refractivity contribution in [3.05, 3.63) is 84.3 Å². The van der Waals surface area contributed by atoms with Crippen LogP contribution in [0, 0.1) is 0 Å². The minimum absolute atomic E-state index is 0.00368. The first kappa shape index (κ1) is 21.2. The lowest BCUT2D eigenvalue weighted by Crippen LogP contribution is -2.13. The Kier molecular flexibility index (Phi) is 5.69. The van der Waals surface area contributed by atoms with E-state index in [0.717, 1.165) is 5.65 Å². The molecule has 4 rings (SSSR count). The van der Waals surface area contributed by atoms with Gasteiger partial charge in [-0.05, 0) is 48.5 Å². The number of imidazole rings is 1. The van der Waals surface area contributed by atoms with Gasteiger partial charge in [0.2, 0.25) is 0 Å². The number of anilines is 1. The molecular weight excluding hydrogens is 434 g/mol. The molecule has 0 unspecified atom stereocenters. The van der Waals surface area contributed by atoms with Crippen molar-refractivity contribution in [1.82, 2.24) is 9.38 Å². The van der Waals surface area contributed by atoms with E-state index in [9.17, 15) is 13.2 Å². The molecule has 2 heterocycles. The Balaban J connectivity index is 1.53. The largest absolute Gasteiger partial charge is 0.493 e. The maximum absolute atomic E-state index is 12.7. The van der Waals surface area contributed by atoms with E-state index in [1.54, 1.807) is 12.1 Å². The van der Waals surface area contributed by atoms with Crippen molar-refractivity contribution in [1.29, 1.82) is 0 Å². The van der Waals surface area contributed by atoms with Crippen molar-refractivity contribution >= 4 is 27.3 Å². The first-order chi connectivity index (χ1) is 15.4. The number of aromatic carboxylic acids is 1. The van der Waals surface area contributed by atoms with Crippen LogP contribution < -0.4 is 14.2 Å². The molecule has 4 aromatic rings. The summed E-state index contributed by atoms with van der Waals surface area (Å²) in [7, 11) is -2.44. The van der Waals surface area contributed by atoms with E-state index in [1.807, 2.05) is 35.0 Å². The summed E-state index contributed by atoms with van der Waals surface area (Å²) in [5, 5.41) is 8.97. The van der Waals surface area contributed by atoms with Crippen LogP contribution in [-0.2, 0) is 16.6 Å². The number of benzene rings is 2.